The first-order chi connectivity index (χ1) is 10.1. The summed E-state index contributed by atoms with van der Waals surface area (Å²) in [5.41, 5.74) is 2.39. The van der Waals surface area contributed by atoms with Gasteiger partial charge in [0.1, 0.15) is 0 Å². The fourth-order valence-corrected chi connectivity index (χ4v) is 3.50. The number of benzene rings is 2. The van der Waals surface area contributed by atoms with Crippen LogP contribution in [0.1, 0.15) is 34.3 Å². The molecule has 3 nitrogen and oxygen atoms in total. The van der Waals surface area contributed by atoms with Crippen molar-refractivity contribution in [3.8, 4) is 0 Å². The third-order valence-electron chi connectivity index (χ3n) is 3.71. The van der Waals surface area contributed by atoms with Crippen molar-refractivity contribution in [2.45, 2.75) is 29.1 Å². The standard InChI is InChI=1S/C17H14O3S.Ca/c1-10(17(19)20)11-6-7-15-12(8-11)9-14(18)13-4-2-3-5-16(13)21-15;/h2-8,10H,9H2,1H3,(H,19,20);/q;+2. The molecule has 1 atom stereocenters. The Hall–Kier alpha value is -0.810. The molecule has 0 bridgehead atoms. The second-order valence-electron chi connectivity index (χ2n) is 5.13. The van der Waals surface area contributed by atoms with Crippen LogP contribution < -0.4 is 0 Å². The van der Waals surface area contributed by atoms with Crippen molar-refractivity contribution in [3.63, 3.8) is 0 Å². The zero-order valence-corrected chi connectivity index (χ0v) is 15.2. The molecule has 1 aliphatic heterocycles. The molecule has 3 rings (SSSR count). The van der Waals surface area contributed by atoms with Crippen LogP contribution in [0.2, 0.25) is 0 Å². The van der Waals surface area contributed by atoms with Crippen LogP contribution >= 0.6 is 11.8 Å². The molecule has 1 heterocycles. The summed E-state index contributed by atoms with van der Waals surface area (Å²) >= 11 is 1.57. The number of carboxylic acids is 1. The van der Waals surface area contributed by atoms with Gasteiger partial charge in [0.05, 0.1) is 5.92 Å². The molecule has 0 aromatic heterocycles. The van der Waals surface area contributed by atoms with Crippen molar-refractivity contribution >= 4 is 61.3 Å². The van der Waals surface area contributed by atoms with E-state index in [4.69, 9.17) is 5.11 Å². The van der Waals surface area contributed by atoms with E-state index in [1.165, 1.54) is 0 Å². The van der Waals surface area contributed by atoms with Crippen molar-refractivity contribution < 1.29 is 14.7 Å². The molecule has 0 saturated carbocycles. The predicted octanol–water partition coefficient (Wildman–Crippen LogP) is 3.38. The van der Waals surface area contributed by atoms with Gasteiger partial charge < -0.3 is 5.11 Å². The quantitative estimate of drug-likeness (QED) is 0.853. The number of carboxylic acid groups (broad SMARTS) is 1. The van der Waals surface area contributed by atoms with Crippen LogP contribution in [-0.2, 0) is 11.2 Å². The summed E-state index contributed by atoms with van der Waals surface area (Å²) in [6, 6.07) is 13.2. The number of fused-ring (bicyclic) bond motifs is 2. The number of ketones is 1. The van der Waals surface area contributed by atoms with Gasteiger partial charge in [0.2, 0.25) is 0 Å². The summed E-state index contributed by atoms with van der Waals surface area (Å²) in [5.74, 6) is -1.34. The molecule has 0 aliphatic carbocycles. The maximum Gasteiger partial charge on any atom is 2.00 e. The van der Waals surface area contributed by atoms with Gasteiger partial charge in [-0.25, -0.2) is 0 Å². The maximum atomic E-state index is 12.4. The topological polar surface area (TPSA) is 54.4 Å². The van der Waals surface area contributed by atoms with Crippen LogP contribution in [-0.4, -0.2) is 54.6 Å². The first-order valence-electron chi connectivity index (χ1n) is 6.72. The molecule has 0 saturated heterocycles. The van der Waals surface area contributed by atoms with E-state index in [0.717, 1.165) is 26.5 Å². The Kier molecular flexibility index (Phi) is 5.72. The minimum atomic E-state index is -0.856. The molecule has 1 unspecified atom stereocenters. The monoisotopic (exact) mass is 338 g/mol. The smallest absolute Gasteiger partial charge is 0.481 e. The Morgan fingerprint density at radius 3 is 2.64 bits per heavy atom. The molecule has 106 valence electrons. The zero-order valence-electron chi connectivity index (χ0n) is 12.2. The van der Waals surface area contributed by atoms with E-state index in [0.29, 0.717) is 6.42 Å². The van der Waals surface area contributed by atoms with E-state index in [2.05, 4.69) is 0 Å². The summed E-state index contributed by atoms with van der Waals surface area (Å²) in [7, 11) is 0. The molecule has 5 heteroatoms. The Morgan fingerprint density at radius 1 is 1.18 bits per heavy atom. The average molecular weight is 338 g/mol. The molecule has 2 aromatic carbocycles. The van der Waals surface area contributed by atoms with Crippen molar-refractivity contribution in [2.24, 2.45) is 0 Å². The van der Waals surface area contributed by atoms with Gasteiger partial charge in [-0.05, 0) is 30.2 Å². The fraction of sp³-hybridized carbons (Fsp3) is 0.176. The minimum absolute atomic E-state index is 0. The van der Waals surface area contributed by atoms with E-state index >= 15 is 0 Å². The van der Waals surface area contributed by atoms with Gasteiger partial charge in [-0.2, -0.15) is 0 Å². The molecule has 22 heavy (non-hydrogen) atoms. The molecular formula is C17H14CaO3S+2. The first-order valence-corrected chi connectivity index (χ1v) is 7.53. The van der Waals surface area contributed by atoms with Crippen molar-refractivity contribution in [3.05, 3.63) is 59.2 Å². The van der Waals surface area contributed by atoms with E-state index in [9.17, 15) is 9.59 Å². The van der Waals surface area contributed by atoms with Gasteiger partial charge in [0, 0.05) is 21.8 Å². The summed E-state index contributed by atoms with van der Waals surface area (Å²) in [5, 5.41) is 9.12. The van der Waals surface area contributed by atoms with Crippen molar-refractivity contribution in [1.82, 2.24) is 0 Å². The number of aliphatic carboxylic acids is 1. The molecule has 1 N–H and O–H groups in total. The molecule has 0 spiro atoms. The van der Waals surface area contributed by atoms with Gasteiger partial charge in [-0.15, -0.1) is 0 Å². The van der Waals surface area contributed by atoms with Crippen LogP contribution in [0.5, 0.6) is 0 Å². The van der Waals surface area contributed by atoms with Gasteiger partial charge in [-0.1, -0.05) is 42.1 Å². The number of Topliss-reactive ketones (excluding diaryl/α,β-unsaturated/α-hetero) is 1. The Balaban J connectivity index is 0.00000176. The summed E-state index contributed by atoms with van der Waals surface area (Å²) in [6.07, 6.45) is 0.319. The average Bonchev–Trinajstić information content (AvgIpc) is 2.61. The largest absolute Gasteiger partial charge is 2.00 e. The number of carbonyl (C=O) groups excluding carboxylic acids is 1. The number of rotatable bonds is 2. The number of hydrogen-bond donors (Lipinski definition) is 1. The zero-order chi connectivity index (χ0) is 15.0. The molecule has 0 radical (unpaired) electrons. The van der Waals surface area contributed by atoms with E-state index in [1.807, 2.05) is 42.5 Å². The summed E-state index contributed by atoms with van der Waals surface area (Å²) in [6.45, 7) is 1.66. The normalized spacial score (nSPS) is 14.1. The van der Waals surface area contributed by atoms with E-state index in [1.54, 1.807) is 18.7 Å². The van der Waals surface area contributed by atoms with Crippen LogP contribution in [0.3, 0.4) is 0 Å². The third kappa shape index (κ3) is 3.40. The number of carbonyl (C=O) groups is 2. The molecule has 0 amide bonds. The molecule has 2 aromatic rings. The van der Waals surface area contributed by atoms with Crippen molar-refractivity contribution in [1.29, 1.82) is 0 Å². The van der Waals surface area contributed by atoms with Gasteiger partial charge in [-0.3, -0.25) is 9.59 Å². The molecule has 1 aliphatic rings. The molecular weight excluding hydrogens is 324 g/mol. The Bertz CT molecular complexity index is 742. The third-order valence-corrected chi connectivity index (χ3v) is 4.91. The van der Waals surface area contributed by atoms with E-state index in [-0.39, 0.29) is 43.5 Å². The second kappa shape index (κ2) is 7.18. The SMILES string of the molecule is CC(C(=O)O)c1ccc2c(c1)CC(=O)c1ccccc1S2.[Ca+2]. The van der Waals surface area contributed by atoms with E-state index < -0.39 is 11.9 Å². The molecule has 0 fully saturated rings. The Morgan fingerprint density at radius 2 is 1.91 bits per heavy atom. The Labute approximate surface area is 163 Å². The van der Waals surface area contributed by atoms with Crippen LogP contribution in [0.4, 0.5) is 0 Å². The first kappa shape index (κ1) is 17.5. The van der Waals surface area contributed by atoms with Gasteiger partial charge in [0.15, 0.2) is 5.78 Å². The van der Waals surface area contributed by atoms with Crippen LogP contribution in [0.15, 0.2) is 52.3 Å². The van der Waals surface area contributed by atoms with Crippen molar-refractivity contribution in [2.75, 3.05) is 0 Å². The second-order valence-corrected chi connectivity index (χ2v) is 6.21. The van der Waals surface area contributed by atoms with Crippen LogP contribution in [0.25, 0.3) is 0 Å². The van der Waals surface area contributed by atoms with Gasteiger partial charge in [0.25, 0.3) is 0 Å². The maximum absolute atomic E-state index is 12.4. The minimum Gasteiger partial charge on any atom is -0.481 e. The van der Waals surface area contributed by atoms with Gasteiger partial charge >= 0.3 is 43.7 Å². The van der Waals surface area contributed by atoms with Crippen LogP contribution in [0, 0.1) is 0 Å². The fourth-order valence-electron chi connectivity index (χ4n) is 2.42. The summed E-state index contributed by atoms with van der Waals surface area (Å²) < 4.78 is 0. The summed E-state index contributed by atoms with van der Waals surface area (Å²) in [4.78, 5) is 25.4. The predicted molar refractivity (Wildman–Crippen MR) is 86.8 cm³/mol. The number of hydrogen-bond acceptors (Lipinski definition) is 3.